The first-order valence-electron chi connectivity index (χ1n) is 13.8. The van der Waals surface area contributed by atoms with Crippen LogP contribution in [0.15, 0.2) is 0 Å². The third-order valence-corrected chi connectivity index (χ3v) is 5.84. The number of carbonyl (C=O) groups excluding carboxylic acids is 1. The SMILES string of the molecule is CCCCCCCCCCCCCCCCCC=O.CNCCC(C)OCCC(C)(C)O. The molecule has 32 heavy (non-hydrogen) atoms. The van der Waals surface area contributed by atoms with Crippen LogP contribution in [-0.2, 0) is 9.53 Å². The number of nitrogens with one attached hydrogen (secondary N) is 1. The monoisotopic (exact) mass is 457 g/mol. The molecule has 0 aliphatic carbocycles. The van der Waals surface area contributed by atoms with Crippen molar-refractivity contribution in [1.82, 2.24) is 5.32 Å². The minimum Gasteiger partial charge on any atom is -0.390 e. The van der Waals surface area contributed by atoms with Crippen LogP contribution in [0.5, 0.6) is 0 Å². The summed E-state index contributed by atoms with van der Waals surface area (Å²) in [7, 11) is 1.93. The van der Waals surface area contributed by atoms with Crippen molar-refractivity contribution >= 4 is 6.29 Å². The van der Waals surface area contributed by atoms with Crippen LogP contribution in [0.1, 0.15) is 143 Å². The van der Waals surface area contributed by atoms with E-state index in [2.05, 4.69) is 19.2 Å². The number of hydrogen-bond acceptors (Lipinski definition) is 4. The van der Waals surface area contributed by atoms with Gasteiger partial charge in [0.15, 0.2) is 0 Å². The highest BCUT2D eigenvalue weighted by Gasteiger charge is 2.12. The van der Waals surface area contributed by atoms with Crippen LogP contribution in [0.4, 0.5) is 0 Å². The van der Waals surface area contributed by atoms with Crippen LogP contribution in [0, 0.1) is 0 Å². The quantitative estimate of drug-likeness (QED) is 0.122. The van der Waals surface area contributed by atoms with E-state index in [1.54, 1.807) is 13.8 Å². The molecule has 1 unspecified atom stereocenters. The van der Waals surface area contributed by atoms with E-state index < -0.39 is 5.60 Å². The molecular weight excluding hydrogens is 398 g/mol. The average molecular weight is 458 g/mol. The van der Waals surface area contributed by atoms with Crippen molar-refractivity contribution in [2.24, 2.45) is 0 Å². The maximum atomic E-state index is 10.1. The molecule has 1 atom stereocenters. The van der Waals surface area contributed by atoms with E-state index in [4.69, 9.17) is 4.74 Å². The Balaban J connectivity index is 0. The first kappa shape index (κ1) is 33.7. The fourth-order valence-electron chi connectivity index (χ4n) is 3.54. The zero-order valence-electron chi connectivity index (χ0n) is 22.6. The molecule has 0 spiro atoms. The van der Waals surface area contributed by atoms with E-state index in [9.17, 15) is 9.90 Å². The molecule has 0 aromatic heterocycles. The van der Waals surface area contributed by atoms with Crippen LogP contribution in [-0.4, -0.2) is 43.3 Å². The second kappa shape index (κ2) is 26.8. The summed E-state index contributed by atoms with van der Waals surface area (Å²) in [6.07, 6.45) is 24.6. The molecule has 4 nitrogen and oxygen atoms in total. The molecule has 4 heteroatoms. The van der Waals surface area contributed by atoms with E-state index in [1.165, 1.54) is 89.9 Å². The topological polar surface area (TPSA) is 58.6 Å². The first-order valence-corrected chi connectivity index (χ1v) is 13.8. The molecule has 0 saturated carbocycles. The molecule has 0 saturated heterocycles. The maximum absolute atomic E-state index is 10.1. The minimum absolute atomic E-state index is 0.273. The van der Waals surface area contributed by atoms with Gasteiger partial charge in [-0.05, 0) is 53.6 Å². The number of aliphatic hydroxyl groups is 1. The van der Waals surface area contributed by atoms with E-state index >= 15 is 0 Å². The Hall–Kier alpha value is -0.450. The van der Waals surface area contributed by atoms with Crippen LogP contribution in [0.3, 0.4) is 0 Å². The second-order valence-electron chi connectivity index (χ2n) is 10.0. The molecule has 0 rings (SSSR count). The number of unbranched alkanes of at least 4 members (excludes halogenated alkanes) is 15. The summed E-state index contributed by atoms with van der Waals surface area (Å²) in [6.45, 7) is 9.55. The van der Waals surface area contributed by atoms with Crippen molar-refractivity contribution < 1.29 is 14.6 Å². The van der Waals surface area contributed by atoms with Crippen LogP contribution in [0.2, 0.25) is 0 Å². The van der Waals surface area contributed by atoms with Gasteiger partial charge in [0.05, 0.1) is 11.7 Å². The molecule has 0 amide bonds. The lowest BCUT2D eigenvalue weighted by atomic mass is 10.0. The Morgan fingerprint density at radius 2 is 1.28 bits per heavy atom. The molecule has 0 radical (unpaired) electrons. The molecular formula is C28H59NO3. The zero-order valence-corrected chi connectivity index (χ0v) is 22.6. The summed E-state index contributed by atoms with van der Waals surface area (Å²) in [4.78, 5) is 10.1. The summed E-state index contributed by atoms with van der Waals surface area (Å²) < 4.78 is 5.52. The number of carbonyl (C=O) groups is 1. The number of aldehydes is 1. The van der Waals surface area contributed by atoms with Gasteiger partial charge in [0, 0.05) is 13.0 Å². The standard InChI is InChI=1S/C18H36O.C10H23NO2/c1-2-3-4-5-6-7-8-9-10-11-12-13-14-15-16-17-18-19;1-9(5-7-11-4)13-8-6-10(2,3)12/h18H,2-17H2,1H3;9,11-12H,5-8H2,1-4H3. The highest BCUT2D eigenvalue weighted by molar-refractivity contribution is 5.48. The van der Waals surface area contributed by atoms with E-state index in [-0.39, 0.29) is 6.10 Å². The summed E-state index contributed by atoms with van der Waals surface area (Å²) in [5.74, 6) is 0. The summed E-state index contributed by atoms with van der Waals surface area (Å²) in [5, 5.41) is 12.5. The van der Waals surface area contributed by atoms with Gasteiger partial charge in [0.25, 0.3) is 0 Å². The molecule has 2 N–H and O–H groups in total. The van der Waals surface area contributed by atoms with E-state index in [1.807, 2.05) is 7.05 Å². The third-order valence-electron chi connectivity index (χ3n) is 5.84. The zero-order chi connectivity index (χ0) is 24.3. The highest BCUT2D eigenvalue weighted by atomic mass is 16.5. The summed E-state index contributed by atoms with van der Waals surface area (Å²) in [5.41, 5.74) is -0.608. The predicted molar refractivity (Wildman–Crippen MR) is 140 cm³/mol. The molecule has 0 aliphatic rings. The predicted octanol–water partition coefficient (Wildman–Crippen LogP) is 7.61. The second-order valence-corrected chi connectivity index (χ2v) is 10.0. The van der Waals surface area contributed by atoms with Gasteiger partial charge in [-0.15, -0.1) is 0 Å². The van der Waals surface area contributed by atoms with Gasteiger partial charge < -0.3 is 20.0 Å². The van der Waals surface area contributed by atoms with E-state index in [0.717, 1.165) is 32.1 Å². The highest BCUT2D eigenvalue weighted by Crippen LogP contribution is 2.13. The average Bonchev–Trinajstić information content (AvgIpc) is 2.74. The lowest BCUT2D eigenvalue weighted by molar-refractivity contribution is -0.107. The van der Waals surface area contributed by atoms with Gasteiger partial charge in [-0.3, -0.25) is 0 Å². The van der Waals surface area contributed by atoms with Crippen molar-refractivity contribution in [3.63, 3.8) is 0 Å². The summed E-state index contributed by atoms with van der Waals surface area (Å²) in [6, 6.07) is 0. The van der Waals surface area contributed by atoms with Crippen molar-refractivity contribution in [3.8, 4) is 0 Å². The van der Waals surface area contributed by atoms with Crippen LogP contribution >= 0.6 is 0 Å². The van der Waals surface area contributed by atoms with E-state index in [0.29, 0.717) is 13.0 Å². The molecule has 0 aromatic rings. The smallest absolute Gasteiger partial charge is 0.119 e. The van der Waals surface area contributed by atoms with Gasteiger partial charge in [-0.1, -0.05) is 96.8 Å². The molecule has 194 valence electrons. The lowest BCUT2D eigenvalue weighted by Gasteiger charge is -2.19. The Morgan fingerprint density at radius 3 is 1.66 bits per heavy atom. The van der Waals surface area contributed by atoms with Crippen molar-refractivity contribution in [2.45, 2.75) is 155 Å². The first-order chi connectivity index (χ1) is 15.4. The third kappa shape index (κ3) is 34.2. The molecule has 0 aliphatic heterocycles. The van der Waals surface area contributed by atoms with Crippen molar-refractivity contribution in [3.05, 3.63) is 0 Å². The number of ether oxygens (including phenoxy) is 1. The Kier molecular flexibility index (Phi) is 28.2. The fourth-order valence-corrected chi connectivity index (χ4v) is 3.54. The minimum atomic E-state index is -0.608. The molecule has 0 bridgehead atoms. The number of hydrogen-bond donors (Lipinski definition) is 2. The Labute approximate surface area is 201 Å². The van der Waals surface area contributed by atoms with Gasteiger partial charge in [0.1, 0.15) is 6.29 Å². The number of rotatable bonds is 23. The van der Waals surface area contributed by atoms with Crippen molar-refractivity contribution in [2.75, 3.05) is 20.2 Å². The van der Waals surface area contributed by atoms with Gasteiger partial charge in [-0.25, -0.2) is 0 Å². The van der Waals surface area contributed by atoms with Gasteiger partial charge in [-0.2, -0.15) is 0 Å². The lowest BCUT2D eigenvalue weighted by Crippen LogP contribution is -2.24. The van der Waals surface area contributed by atoms with Crippen LogP contribution in [0.25, 0.3) is 0 Å². The van der Waals surface area contributed by atoms with Gasteiger partial charge >= 0.3 is 0 Å². The maximum Gasteiger partial charge on any atom is 0.119 e. The fraction of sp³-hybridized carbons (Fsp3) is 0.964. The Bertz CT molecular complexity index is 355. The summed E-state index contributed by atoms with van der Waals surface area (Å²) >= 11 is 0. The van der Waals surface area contributed by atoms with Crippen molar-refractivity contribution in [1.29, 1.82) is 0 Å². The normalized spacial score (nSPS) is 12.3. The Morgan fingerprint density at radius 1 is 0.844 bits per heavy atom. The molecule has 0 fully saturated rings. The molecule has 0 aromatic carbocycles. The van der Waals surface area contributed by atoms with Gasteiger partial charge in [0.2, 0.25) is 0 Å². The van der Waals surface area contributed by atoms with Crippen LogP contribution < -0.4 is 5.32 Å². The molecule has 0 heterocycles. The largest absolute Gasteiger partial charge is 0.390 e.